The molecule has 9 N–H and O–H groups in total. The Labute approximate surface area is 205 Å². The lowest BCUT2D eigenvalue weighted by molar-refractivity contribution is -0.365. The van der Waals surface area contributed by atoms with Gasteiger partial charge in [-0.1, -0.05) is 17.7 Å². The SMILES string of the molecule is CC(C)(O)C(O)(O)Oc1ccc(C(O)(O)c2cc(C3OC(CO)C(O)C(O)C3O)ccc2Cl)cc1. The Kier molecular flexibility index (Phi) is 7.83. The molecule has 1 aliphatic heterocycles. The van der Waals surface area contributed by atoms with Gasteiger partial charge in [-0.15, -0.1) is 0 Å². The molecule has 5 atom stereocenters. The first kappa shape index (κ1) is 27.7. The van der Waals surface area contributed by atoms with E-state index in [1.807, 2.05) is 0 Å². The second-order valence-electron chi connectivity index (χ2n) is 8.95. The summed E-state index contributed by atoms with van der Waals surface area (Å²) in [6.45, 7) is 1.62. The van der Waals surface area contributed by atoms with Crippen molar-refractivity contribution < 1.29 is 55.4 Å². The summed E-state index contributed by atoms with van der Waals surface area (Å²) in [5, 5.41) is 91.2. The number of aliphatic hydroxyl groups excluding tert-OH is 4. The molecule has 12 heteroatoms. The van der Waals surface area contributed by atoms with Crippen molar-refractivity contribution in [1.82, 2.24) is 0 Å². The van der Waals surface area contributed by atoms with Crippen LogP contribution in [0.2, 0.25) is 5.02 Å². The van der Waals surface area contributed by atoms with Crippen molar-refractivity contribution in [2.24, 2.45) is 0 Å². The molecule has 1 saturated heterocycles. The Morgan fingerprint density at radius 3 is 2.03 bits per heavy atom. The summed E-state index contributed by atoms with van der Waals surface area (Å²) >= 11 is 6.21. The highest BCUT2D eigenvalue weighted by Gasteiger charge is 2.45. The summed E-state index contributed by atoms with van der Waals surface area (Å²) in [6, 6.07) is 8.82. The van der Waals surface area contributed by atoms with Crippen LogP contribution in [-0.2, 0) is 10.5 Å². The van der Waals surface area contributed by atoms with Crippen molar-refractivity contribution >= 4 is 11.6 Å². The topological polar surface area (TPSA) is 201 Å². The van der Waals surface area contributed by atoms with Gasteiger partial charge in [0.1, 0.15) is 36.3 Å². The molecule has 0 spiro atoms. The van der Waals surface area contributed by atoms with E-state index in [1.165, 1.54) is 42.5 Å². The number of rotatable bonds is 7. The van der Waals surface area contributed by atoms with Crippen LogP contribution in [0.5, 0.6) is 5.75 Å². The predicted molar refractivity (Wildman–Crippen MR) is 120 cm³/mol. The van der Waals surface area contributed by atoms with Gasteiger partial charge in [-0.3, -0.25) is 0 Å². The van der Waals surface area contributed by atoms with Gasteiger partial charge in [-0.25, -0.2) is 0 Å². The lowest BCUT2D eigenvalue weighted by Gasteiger charge is -2.40. The molecule has 0 radical (unpaired) electrons. The standard InChI is InChI=1S/C23H29ClO11/c1-21(2,29)23(32,33)35-13-6-4-12(5-7-13)22(30,31)14-9-11(3-8-15(14)24)20-19(28)18(27)17(26)16(10-25)34-20/h3-9,16-20,25-33H,10H2,1-2H3. The molecule has 35 heavy (non-hydrogen) atoms. The minimum atomic E-state index is -2.92. The largest absolute Gasteiger partial charge is 0.437 e. The quantitative estimate of drug-likeness (QED) is 0.201. The van der Waals surface area contributed by atoms with E-state index in [2.05, 4.69) is 0 Å². The van der Waals surface area contributed by atoms with Crippen LogP contribution in [0, 0.1) is 0 Å². The molecule has 1 aliphatic rings. The molecule has 2 aromatic rings. The third-order valence-corrected chi connectivity index (χ3v) is 6.23. The number of hydrogen-bond donors (Lipinski definition) is 9. The maximum atomic E-state index is 10.9. The van der Waals surface area contributed by atoms with Crippen LogP contribution in [0.15, 0.2) is 42.5 Å². The van der Waals surface area contributed by atoms with Gasteiger partial charge in [0.25, 0.3) is 0 Å². The van der Waals surface area contributed by atoms with Crippen LogP contribution in [0.25, 0.3) is 0 Å². The van der Waals surface area contributed by atoms with E-state index < -0.39 is 54.5 Å². The van der Waals surface area contributed by atoms with Gasteiger partial charge in [0, 0.05) is 16.1 Å². The van der Waals surface area contributed by atoms with Crippen molar-refractivity contribution in [2.75, 3.05) is 6.61 Å². The lowest BCUT2D eigenvalue weighted by atomic mass is 9.89. The molecule has 0 amide bonds. The maximum Gasteiger partial charge on any atom is 0.352 e. The normalized spacial score (nSPS) is 26.0. The highest BCUT2D eigenvalue weighted by molar-refractivity contribution is 6.31. The summed E-state index contributed by atoms with van der Waals surface area (Å²) in [4.78, 5) is 0. The lowest BCUT2D eigenvalue weighted by Crippen LogP contribution is -2.55. The first-order valence-corrected chi connectivity index (χ1v) is 11.0. The minimum Gasteiger partial charge on any atom is -0.437 e. The Balaban J connectivity index is 1.91. The van der Waals surface area contributed by atoms with E-state index in [4.69, 9.17) is 21.1 Å². The first-order valence-electron chi connectivity index (χ1n) is 10.6. The van der Waals surface area contributed by atoms with E-state index in [-0.39, 0.29) is 27.5 Å². The van der Waals surface area contributed by atoms with Gasteiger partial charge in [0.2, 0.25) is 5.79 Å². The number of benzene rings is 2. The summed E-state index contributed by atoms with van der Waals surface area (Å²) in [6.07, 6.45) is -7.15. The van der Waals surface area contributed by atoms with Crippen LogP contribution in [-0.4, -0.2) is 88.6 Å². The molecule has 0 bridgehead atoms. The van der Waals surface area contributed by atoms with Crippen molar-refractivity contribution in [3.63, 3.8) is 0 Å². The number of aliphatic hydroxyl groups is 9. The zero-order valence-electron chi connectivity index (χ0n) is 18.9. The number of halogens is 1. The van der Waals surface area contributed by atoms with Crippen molar-refractivity contribution in [3.05, 3.63) is 64.2 Å². The summed E-state index contributed by atoms with van der Waals surface area (Å²) in [7, 11) is 0. The molecule has 194 valence electrons. The van der Waals surface area contributed by atoms with E-state index in [9.17, 15) is 46.0 Å². The second-order valence-corrected chi connectivity index (χ2v) is 9.36. The predicted octanol–water partition coefficient (Wildman–Crippen LogP) is -1.17. The van der Waals surface area contributed by atoms with Crippen molar-refractivity contribution in [2.45, 2.75) is 61.7 Å². The zero-order chi connectivity index (χ0) is 26.3. The summed E-state index contributed by atoms with van der Waals surface area (Å²) in [5.74, 6) is -5.70. The van der Waals surface area contributed by atoms with E-state index in [0.29, 0.717) is 0 Å². The van der Waals surface area contributed by atoms with Crippen LogP contribution in [0.3, 0.4) is 0 Å². The Hall–Kier alpha value is -1.87. The average Bonchev–Trinajstić information content (AvgIpc) is 2.77. The van der Waals surface area contributed by atoms with Gasteiger partial charge in [-0.2, -0.15) is 0 Å². The van der Waals surface area contributed by atoms with Crippen LogP contribution in [0.4, 0.5) is 0 Å². The van der Waals surface area contributed by atoms with Gasteiger partial charge < -0.3 is 55.4 Å². The van der Waals surface area contributed by atoms with Crippen LogP contribution < -0.4 is 4.74 Å². The van der Waals surface area contributed by atoms with Crippen molar-refractivity contribution in [3.8, 4) is 5.75 Å². The minimum absolute atomic E-state index is 0.0598. The molecule has 11 nitrogen and oxygen atoms in total. The van der Waals surface area contributed by atoms with Gasteiger partial charge >= 0.3 is 5.97 Å². The molecular formula is C23H29ClO11. The highest BCUT2D eigenvalue weighted by Crippen LogP contribution is 2.38. The molecule has 2 aromatic carbocycles. The van der Waals surface area contributed by atoms with Gasteiger partial charge in [0.05, 0.1) is 6.61 Å². The molecule has 0 saturated carbocycles. The van der Waals surface area contributed by atoms with E-state index in [0.717, 1.165) is 13.8 Å². The molecule has 0 aliphatic carbocycles. The van der Waals surface area contributed by atoms with Gasteiger partial charge in [-0.05, 0) is 55.8 Å². The smallest absolute Gasteiger partial charge is 0.352 e. The molecule has 5 unspecified atom stereocenters. The average molecular weight is 517 g/mol. The Morgan fingerprint density at radius 1 is 0.886 bits per heavy atom. The zero-order valence-corrected chi connectivity index (χ0v) is 19.6. The fraction of sp³-hybridized carbons (Fsp3) is 0.478. The van der Waals surface area contributed by atoms with Crippen LogP contribution >= 0.6 is 11.6 Å². The second kappa shape index (κ2) is 9.88. The summed E-state index contributed by atoms with van der Waals surface area (Å²) in [5.41, 5.74) is -2.15. The Bertz CT molecular complexity index is 1020. The van der Waals surface area contributed by atoms with Crippen LogP contribution in [0.1, 0.15) is 36.6 Å². The third-order valence-electron chi connectivity index (χ3n) is 5.90. The Morgan fingerprint density at radius 2 is 1.49 bits per heavy atom. The molecule has 1 heterocycles. The first-order chi connectivity index (χ1) is 16.1. The third kappa shape index (κ3) is 5.45. The fourth-order valence-corrected chi connectivity index (χ4v) is 3.81. The highest BCUT2D eigenvalue weighted by atomic mass is 35.5. The van der Waals surface area contributed by atoms with Gasteiger partial charge in [0.15, 0.2) is 5.60 Å². The monoisotopic (exact) mass is 516 g/mol. The van der Waals surface area contributed by atoms with Crippen molar-refractivity contribution in [1.29, 1.82) is 0 Å². The molecule has 3 rings (SSSR count). The van der Waals surface area contributed by atoms with E-state index >= 15 is 0 Å². The number of ether oxygens (including phenoxy) is 2. The maximum absolute atomic E-state index is 10.9. The molecule has 1 fully saturated rings. The fourth-order valence-electron chi connectivity index (χ4n) is 3.56. The number of hydrogen-bond acceptors (Lipinski definition) is 11. The molecule has 0 aromatic heterocycles. The van der Waals surface area contributed by atoms with E-state index in [1.54, 1.807) is 0 Å². The summed E-state index contributed by atoms with van der Waals surface area (Å²) < 4.78 is 10.5. The molecular weight excluding hydrogens is 488 g/mol.